The molecule has 8 aromatic carbocycles. The first-order valence-corrected chi connectivity index (χ1v) is 18.8. The van der Waals surface area contributed by atoms with Gasteiger partial charge >= 0.3 is 0 Å². The molecular formula is C50H31N5O. The predicted molar refractivity (Wildman–Crippen MR) is 228 cm³/mol. The molecule has 0 unspecified atom stereocenters. The third-order valence-corrected chi connectivity index (χ3v) is 11.2. The predicted octanol–water partition coefficient (Wildman–Crippen LogP) is 12.7. The van der Waals surface area contributed by atoms with Gasteiger partial charge in [-0.3, -0.25) is 0 Å². The maximum absolute atomic E-state index is 6.34. The SMILES string of the molecule is c1ccc(-c2nnn(-c3ccccc3)c2-c2ccc3c(c2)c2ccccc2n3-c2cccc(-n3c4ccccc4c4cc5oc6ccccc6c5cc43)c2)cc1. The molecular weight excluding hydrogens is 687 g/mol. The van der Waals surface area contributed by atoms with Crippen LogP contribution in [0.4, 0.5) is 0 Å². The average Bonchev–Trinajstić information content (AvgIpc) is 4.03. The maximum Gasteiger partial charge on any atom is 0.136 e. The minimum atomic E-state index is 0.845. The van der Waals surface area contributed by atoms with Crippen molar-refractivity contribution in [2.75, 3.05) is 0 Å². The minimum absolute atomic E-state index is 0.845. The Morgan fingerprint density at radius 3 is 1.70 bits per heavy atom. The Labute approximate surface area is 320 Å². The maximum atomic E-state index is 6.34. The second kappa shape index (κ2) is 11.9. The van der Waals surface area contributed by atoms with Crippen LogP contribution in [0.15, 0.2) is 192 Å². The standard InChI is InChI=1S/C50H31N5O/c1-3-14-32(15-4-1)49-50(55(52-51-49)34-16-5-2-6-17-34)33-26-27-45-40(28-33)37-20-7-10-23-43(37)53(45)35-18-13-19-36(29-35)54-44-24-11-8-21-38(44)41-31-48-42(30-46(41)54)39-22-9-12-25-47(39)56-48/h1-31H. The lowest BCUT2D eigenvalue weighted by Gasteiger charge is -2.13. The highest BCUT2D eigenvalue weighted by Crippen LogP contribution is 2.41. The molecule has 0 radical (unpaired) electrons. The van der Waals surface area contributed by atoms with Crippen LogP contribution in [0.5, 0.6) is 0 Å². The van der Waals surface area contributed by atoms with Crippen molar-refractivity contribution < 1.29 is 4.42 Å². The second-order valence-electron chi connectivity index (χ2n) is 14.3. The van der Waals surface area contributed by atoms with E-state index in [-0.39, 0.29) is 0 Å². The fraction of sp³-hybridized carbons (Fsp3) is 0. The van der Waals surface area contributed by atoms with Crippen LogP contribution in [-0.2, 0) is 0 Å². The number of aromatic nitrogens is 5. The van der Waals surface area contributed by atoms with Gasteiger partial charge in [-0.25, -0.2) is 4.68 Å². The molecule has 0 atom stereocenters. The monoisotopic (exact) mass is 717 g/mol. The molecule has 0 aliphatic rings. The molecule has 6 heteroatoms. The molecule has 6 nitrogen and oxygen atoms in total. The van der Waals surface area contributed by atoms with Gasteiger partial charge in [0.25, 0.3) is 0 Å². The Balaban J connectivity index is 1.07. The van der Waals surface area contributed by atoms with Gasteiger partial charge in [0.1, 0.15) is 22.6 Å². The summed E-state index contributed by atoms with van der Waals surface area (Å²) in [4.78, 5) is 0. The van der Waals surface area contributed by atoms with Crippen molar-refractivity contribution in [2.24, 2.45) is 0 Å². The van der Waals surface area contributed by atoms with Crippen molar-refractivity contribution in [3.63, 3.8) is 0 Å². The van der Waals surface area contributed by atoms with Crippen LogP contribution in [0.3, 0.4) is 0 Å². The summed E-state index contributed by atoms with van der Waals surface area (Å²) in [6.07, 6.45) is 0. The first-order chi connectivity index (χ1) is 27.8. The van der Waals surface area contributed by atoms with E-state index in [0.717, 1.165) is 89.0 Å². The number of rotatable bonds is 5. The van der Waals surface area contributed by atoms with Gasteiger partial charge in [-0.2, -0.15) is 0 Å². The van der Waals surface area contributed by atoms with E-state index >= 15 is 0 Å². The zero-order valence-electron chi connectivity index (χ0n) is 30.0. The van der Waals surface area contributed by atoms with Crippen molar-refractivity contribution in [3.8, 4) is 39.6 Å². The molecule has 0 aliphatic heterocycles. The van der Waals surface area contributed by atoms with E-state index in [1.165, 1.54) is 16.2 Å². The van der Waals surface area contributed by atoms with E-state index in [2.05, 4.69) is 149 Å². The lowest BCUT2D eigenvalue weighted by molar-refractivity contribution is 0.669. The molecule has 12 rings (SSSR count). The quantitative estimate of drug-likeness (QED) is 0.178. The van der Waals surface area contributed by atoms with Gasteiger partial charge in [-0.1, -0.05) is 120 Å². The number of furan rings is 1. The van der Waals surface area contributed by atoms with E-state index in [0.29, 0.717) is 0 Å². The van der Waals surface area contributed by atoms with Crippen molar-refractivity contribution >= 4 is 65.6 Å². The van der Waals surface area contributed by atoms with Crippen LogP contribution in [0, 0.1) is 0 Å². The summed E-state index contributed by atoms with van der Waals surface area (Å²) >= 11 is 0. The summed E-state index contributed by atoms with van der Waals surface area (Å²) < 4.78 is 13.1. The smallest absolute Gasteiger partial charge is 0.136 e. The third kappa shape index (κ3) is 4.50. The highest BCUT2D eigenvalue weighted by atomic mass is 16.3. The van der Waals surface area contributed by atoms with Gasteiger partial charge in [0, 0.05) is 54.8 Å². The van der Waals surface area contributed by atoms with Crippen LogP contribution in [-0.4, -0.2) is 24.1 Å². The highest BCUT2D eigenvalue weighted by Gasteiger charge is 2.21. The van der Waals surface area contributed by atoms with Crippen LogP contribution in [0.25, 0.3) is 105 Å². The Morgan fingerprint density at radius 2 is 0.946 bits per heavy atom. The van der Waals surface area contributed by atoms with E-state index in [9.17, 15) is 0 Å². The topological polar surface area (TPSA) is 53.7 Å². The Hall–Kier alpha value is -7.70. The van der Waals surface area contributed by atoms with Crippen molar-refractivity contribution in [1.82, 2.24) is 24.1 Å². The average molecular weight is 718 g/mol. The Kier molecular flexibility index (Phi) is 6.53. The number of nitrogens with zero attached hydrogens (tertiary/aromatic N) is 5. The lowest BCUT2D eigenvalue weighted by Crippen LogP contribution is -2.00. The normalized spacial score (nSPS) is 11.9. The minimum Gasteiger partial charge on any atom is -0.456 e. The molecule has 0 aliphatic carbocycles. The molecule has 0 saturated carbocycles. The number of fused-ring (bicyclic) bond motifs is 9. The lowest BCUT2D eigenvalue weighted by atomic mass is 10.0. The van der Waals surface area contributed by atoms with E-state index in [1.807, 2.05) is 53.2 Å². The first-order valence-electron chi connectivity index (χ1n) is 18.8. The first kappa shape index (κ1) is 30.7. The summed E-state index contributed by atoms with van der Waals surface area (Å²) in [7, 11) is 0. The molecule has 0 spiro atoms. The third-order valence-electron chi connectivity index (χ3n) is 11.2. The summed E-state index contributed by atoms with van der Waals surface area (Å²) in [6.45, 7) is 0. The molecule has 56 heavy (non-hydrogen) atoms. The Bertz CT molecular complexity index is 3420. The summed E-state index contributed by atoms with van der Waals surface area (Å²) in [5.41, 5.74) is 13.4. The van der Waals surface area contributed by atoms with Crippen molar-refractivity contribution in [3.05, 3.63) is 188 Å². The van der Waals surface area contributed by atoms with Gasteiger partial charge in [-0.05, 0) is 72.8 Å². The number of hydrogen-bond donors (Lipinski definition) is 0. The molecule has 0 amide bonds. The van der Waals surface area contributed by atoms with E-state index in [1.54, 1.807) is 0 Å². The summed E-state index contributed by atoms with van der Waals surface area (Å²) in [6, 6.07) is 66.3. The fourth-order valence-electron chi connectivity index (χ4n) is 8.72. The van der Waals surface area contributed by atoms with Gasteiger partial charge in [0.2, 0.25) is 0 Å². The van der Waals surface area contributed by atoms with Gasteiger partial charge in [0.15, 0.2) is 0 Å². The zero-order valence-corrected chi connectivity index (χ0v) is 30.0. The van der Waals surface area contributed by atoms with Gasteiger partial charge in [0.05, 0.1) is 27.8 Å². The number of para-hydroxylation sites is 4. The molecule has 12 aromatic rings. The molecule has 4 heterocycles. The van der Waals surface area contributed by atoms with E-state index < -0.39 is 0 Å². The van der Waals surface area contributed by atoms with Crippen LogP contribution in [0.1, 0.15) is 0 Å². The molecule has 0 saturated heterocycles. The van der Waals surface area contributed by atoms with Crippen LogP contribution < -0.4 is 0 Å². The zero-order chi connectivity index (χ0) is 36.7. The largest absolute Gasteiger partial charge is 0.456 e. The summed E-state index contributed by atoms with van der Waals surface area (Å²) in [5, 5.41) is 16.4. The number of benzene rings is 8. The van der Waals surface area contributed by atoms with Gasteiger partial charge in [-0.15, -0.1) is 5.10 Å². The van der Waals surface area contributed by atoms with Gasteiger partial charge < -0.3 is 13.6 Å². The van der Waals surface area contributed by atoms with Crippen LogP contribution in [0.2, 0.25) is 0 Å². The molecule has 0 bridgehead atoms. The molecule has 262 valence electrons. The Morgan fingerprint density at radius 1 is 0.357 bits per heavy atom. The molecule has 0 N–H and O–H groups in total. The second-order valence-corrected chi connectivity index (χ2v) is 14.3. The van der Waals surface area contributed by atoms with Crippen molar-refractivity contribution in [2.45, 2.75) is 0 Å². The number of hydrogen-bond acceptors (Lipinski definition) is 3. The van der Waals surface area contributed by atoms with Crippen molar-refractivity contribution in [1.29, 1.82) is 0 Å². The highest BCUT2D eigenvalue weighted by molar-refractivity contribution is 6.17. The van der Waals surface area contributed by atoms with E-state index in [4.69, 9.17) is 14.7 Å². The fourth-order valence-corrected chi connectivity index (χ4v) is 8.72. The summed E-state index contributed by atoms with van der Waals surface area (Å²) in [5.74, 6) is 0. The molecule has 4 aromatic heterocycles. The molecule has 0 fully saturated rings. The van der Waals surface area contributed by atoms with Crippen LogP contribution >= 0.6 is 0 Å².